The van der Waals surface area contributed by atoms with E-state index in [1.54, 1.807) is 0 Å². The number of nitrogens with one attached hydrogen (secondary N) is 1. The number of nitrogens with two attached hydrogens (primary N) is 1. The average molecular weight is 353 g/mol. The number of amides is 1. The quantitative estimate of drug-likeness (QED) is 0.726. The lowest BCUT2D eigenvalue weighted by molar-refractivity contribution is -0.118. The summed E-state index contributed by atoms with van der Waals surface area (Å²) in [6.45, 7) is 3.90. The lowest BCUT2D eigenvalue weighted by atomic mass is 10.1. The van der Waals surface area contributed by atoms with Crippen LogP contribution in [0.15, 0.2) is 47.8 Å². The van der Waals surface area contributed by atoms with Gasteiger partial charge in [0.05, 0.1) is 5.69 Å². The molecule has 128 valence electrons. The van der Waals surface area contributed by atoms with Gasteiger partial charge in [0.1, 0.15) is 5.75 Å². The molecule has 0 saturated carbocycles. The van der Waals surface area contributed by atoms with Crippen molar-refractivity contribution in [1.29, 1.82) is 0 Å². The molecule has 1 aromatic heterocycles. The van der Waals surface area contributed by atoms with E-state index >= 15 is 0 Å². The number of benzene rings is 2. The maximum atomic E-state index is 12.2. The predicted octanol–water partition coefficient (Wildman–Crippen LogP) is 4.03. The first kappa shape index (κ1) is 17.0. The summed E-state index contributed by atoms with van der Waals surface area (Å²) >= 11 is 1.39. The Kier molecular flexibility index (Phi) is 5.00. The van der Waals surface area contributed by atoms with Crippen molar-refractivity contribution in [2.24, 2.45) is 0 Å². The molecule has 3 rings (SSSR count). The highest BCUT2D eigenvalue weighted by molar-refractivity contribution is 7.13. The topological polar surface area (TPSA) is 77.2 Å². The molecule has 0 atom stereocenters. The van der Waals surface area contributed by atoms with E-state index in [4.69, 9.17) is 10.5 Å². The number of aromatic nitrogens is 1. The van der Waals surface area contributed by atoms with Gasteiger partial charge >= 0.3 is 0 Å². The van der Waals surface area contributed by atoms with Crippen molar-refractivity contribution in [3.05, 3.63) is 59.0 Å². The zero-order valence-corrected chi connectivity index (χ0v) is 14.9. The van der Waals surface area contributed by atoms with Crippen LogP contribution in [0.5, 0.6) is 5.75 Å². The Morgan fingerprint density at radius 3 is 2.84 bits per heavy atom. The van der Waals surface area contributed by atoms with Crippen molar-refractivity contribution in [3.8, 4) is 17.0 Å². The van der Waals surface area contributed by atoms with Gasteiger partial charge in [0, 0.05) is 16.6 Å². The Bertz CT molecular complexity index is 905. The van der Waals surface area contributed by atoms with Crippen molar-refractivity contribution >= 4 is 28.1 Å². The van der Waals surface area contributed by atoms with E-state index in [2.05, 4.69) is 10.3 Å². The first-order valence-corrected chi connectivity index (χ1v) is 8.70. The zero-order chi connectivity index (χ0) is 17.8. The van der Waals surface area contributed by atoms with Crippen molar-refractivity contribution in [2.75, 3.05) is 17.7 Å². The van der Waals surface area contributed by atoms with Gasteiger partial charge < -0.3 is 15.8 Å². The molecular weight excluding hydrogens is 334 g/mol. The fourth-order valence-corrected chi connectivity index (χ4v) is 2.95. The molecular formula is C19H19N3O2S. The molecule has 0 aliphatic rings. The summed E-state index contributed by atoms with van der Waals surface area (Å²) < 4.78 is 5.63. The number of carbonyl (C=O) groups is 1. The van der Waals surface area contributed by atoms with Crippen molar-refractivity contribution in [1.82, 2.24) is 4.98 Å². The number of aryl methyl sites for hydroxylation is 2. The second kappa shape index (κ2) is 7.36. The number of nitrogen functional groups attached to an aromatic ring is 1. The van der Waals surface area contributed by atoms with Gasteiger partial charge in [-0.3, -0.25) is 4.79 Å². The Morgan fingerprint density at radius 1 is 1.24 bits per heavy atom. The van der Waals surface area contributed by atoms with E-state index in [0.29, 0.717) is 10.8 Å². The van der Waals surface area contributed by atoms with Crippen LogP contribution < -0.4 is 15.8 Å². The monoisotopic (exact) mass is 353 g/mol. The van der Waals surface area contributed by atoms with Crippen LogP contribution in [0.2, 0.25) is 0 Å². The fraction of sp³-hybridized carbons (Fsp3) is 0.158. The van der Waals surface area contributed by atoms with E-state index in [0.717, 1.165) is 28.1 Å². The molecule has 0 spiro atoms. The SMILES string of the molecule is Cc1ccc(C)c(OCC(=O)Nc2cccc(-c3csc(N)n3)c2)c1. The standard InChI is InChI=1S/C19H19N3O2S/c1-12-6-7-13(2)17(8-12)24-10-18(23)21-15-5-3-4-14(9-15)16-11-25-19(20)22-16/h3-9,11H,10H2,1-2H3,(H2,20,22)(H,21,23). The minimum atomic E-state index is -0.212. The maximum Gasteiger partial charge on any atom is 0.262 e. The van der Waals surface area contributed by atoms with Crippen LogP contribution in [0, 0.1) is 13.8 Å². The molecule has 6 heteroatoms. The first-order chi connectivity index (χ1) is 12.0. The van der Waals surface area contributed by atoms with Gasteiger partial charge in [-0.2, -0.15) is 0 Å². The summed E-state index contributed by atoms with van der Waals surface area (Å²) in [7, 11) is 0. The maximum absolute atomic E-state index is 12.2. The molecule has 5 nitrogen and oxygen atoms in total. The molecule has 3 N–H and O–H groups in total. The summed E-state index contributed by atoms with van der Waals surface area (Å²) in [5.74, 6) is 0.512. The molecule has 25 heavy (non-hydrogen) atoms. The highest BCUT2D eigenvalue weighted by Crippen LogP contribution is 2.25. The summed E-state index contributed by atoms with van der Waals surface area (Å²) in [6.07, 6.45) is 0. The minimum absolute atomic E-state index is 0.0435. The Labute approximate surface area is 150 Å². The second-order valence-electron chi connectivity index (χ2n) is 5.76. The molecule has 0 saturated heterocycles. The number of anilines is 2. The zero-order valence-electron chi connectivity index (χ0n) is 14.1. The number of hydrogen-bond acceptors (Lipinski definition) is 5. The summed E-state index contributed by atoms with van der Waals surface area (Å²) in [4.78, 5) is 16.4. The number of rotatable bonds is 5. The van der Waals surface area contributed by atoms with Gasteiger partial charge in [-0.05, 0) is 43.2 Å². The Balaban J connectivity index is 1.64. The first-order valence-electron chi connectivity index (χ1n) is 7.82. The van der Waals surface area contributed by atoms with Gasteiger partial charge in [0.2, 0.25) is 0 Å². The smallest absolute Gasteiger partial charge is 0.262 e. The highest BCUT2D eigenvalue weighted by atomic mass is 32.1. The molecule has 0 bridgehead atoms. The second-order valence-corrected chi connectivity index (χ2v) is 6.65. The summed E-state index contributed by atoms with van der Waals surface area (Å²) in [5.41, 5.74) is 10.2. The van der Waals surface area contributed by atoms with Crippen LogP contribution in [0.1, 0.15) is 11.1 Å². The van der Waals surface area contributed by atoms with Gasteiger partial charge in [-0.15, -0.1) is 11.3 Å². The van der Waals surface area contributed by atoms with Crippen molar-refractivity contribution < 1.29 is 9.53 Å². The third-order valence-corrected chi connectivity index (χ3v) is 4.34. The predicted molar refractivity (Wildman–Crippen MR) is 102 cm³/mol. The third kappa shape index (κ3) is 4.36. The van der Waals surface area contributed by atoms with Gasteiger partial charge in [-0.25, -0.2) is 4.98 Å². The van der Waals surface area contributed by atoms with E-state index in [1.807, 2.05) is 61.7 Å². The van der Waals surface area contributed by atoms with Crippen molar-refractivity contribution in [3.63, 3.8) is 0 Å². The van der Waals surface area contributed by atoms with E-state index in [-0.39, 0.29) is 12.5 Å². The Hall–Kier alpha value is -2.86. The summed E-state index contributed by atoms with van der Waals surface area (Å²) in [6, 6.07) is 13.4. The minimum Gasteiger partial charge on any atom is -0.483 e. The third-order valence-electron chi connectivity index (χ3n) is 3.67. The molecule has 0 unspecified atom stereocenters. The summed E-state index contributed by atoms with van der Waals surface area (Å²) in [5, 5.41) is 5.25. The molecule has 1 amide bonds. The number of hydrogen-bond donors (Lipinski definition) is 2. The lowest BCUT2D eigenvalue weighted by Crippen LogP contribution is -2.20. The normalized spacial score (nSPS) is 10.5. The van der Waals surface area contributed by atoms with Gasteiger partial charge in [-0.1, -0.05) is 24.3 Å². The number of nitrogens with zero attached hydrogens (tertiary/aromatic N) is 1. The van der Waals surface area contributed by atoms with Crippen LogP contribution in [0.4, 0.5) is 10.8 Å². The van der Waals surface area contributed by atoms with Crippen LogP contribution in [-0.2, 0) is 4.79 Å². The average Bonchev–Trinajstić information content (AvgIpc) is 3.02. The number of thiazole rings is 1. The van der Waals surface area contributed by atoms with E-state index < -0.39 is 0 Å². The van der Waals surface area contributed by atoms with Crippen molar-refractivity contribution in [2.45, 2.75) is 13.8 Å². The molecule has 0 aliphatic carbocycles. The largest absolute Gasteiger partial charge is 0.483 e. The Morgan fingerprint density at radius 2 is 2.08 bits per heavy atom. The molecule has 0 fully saturated rings. The molecule has 3 aromatic rings. The lowest BCUT2D eigenvalue weighted by Gasteiger charge is -2.11. The number of ether oxygens (including phenoxy) is 1. The van der Waals surface area contributed by atoms with Gasteiger partial charge in [0.25, 0.3) is 5.91 Å². The van der Waals surface area contributed by atoms with Crippen LogP contribution in [0.3, 0.4) is 0 Å². The molecule has 0 radical (unpaired) electrons. The molecule has 2 aromatic carbocycles. The molecule has 1 heterocycles. The van der Waals surface area contributed by atoms with Crippen LogP contribution in [0.25, 0.3) is 11.3 Å². The van der Waals surface area contributed by atoms with Gasteiger partial charge in [0.15, 0.2) is 11.7 Å². The van der Waals surface area contributed by atoms with E-state index in [9.17, 15) is 4.79 Å². The molecule has 0 aliphatic heterocycles. The fourth-order valence-electron chi connectivity index (χ4n) is 2.38. The van der Waals surface area contributed by atoms with Crippen LogP contribution in [-0.4, -0.2) is 17.5 Å². The van der Waals surface area contributed by atoms with Crippen LogP contribution >= 0.6 is 11.3 Å². The van der Waals surface area contributed by atoms with E-state index in [1.165, 1.54) is 11.3 Å². The highest BCUT2D eigenvalue weighted by Gasteiger charge is 2.08. The number of carbonyl (C=O) groups excluding carboxylic acids is 1.